The van der Waals surface area contributed by atoms with Crippen molar-refractivity contribution in [3.05, 3.63) is 0 Å². The van der Waals surface area contributed by atoms with Crippen LogP contribution < -0.4 is 0 Å². The summed E-state index contributed by atoms with van der Waals surface area (Å²) in [7, 11) is -9.92. The normalized spacial score (nSPS) is 14.2. The van der Waals surface area contributed by atoms with E-state index in [1.807, 2.05) is 0 Å². The van der Waals surface area contributed by atoms with Crippen LogP contribution in [0.25, 0.3) is 0 Å². The van der Waals surface area contributed by atoms with Gasteiger partial charge in [-0.25, -0.2) is 9.13 Å². The number of phosphoric ester groups is 2. The third-order valence-corrected chi connectivity index (χ3v) is 21.8. The molecular weight excluding hydrogens is 1340 g/mol. The average molecular weight is 1510 g/mol. The molecule has 0 heterocycles. The van der Waals surface area contributed by atoms with E-state index in [0.717, 1.165) is 114 Å². The van der Waals surface area contributed by atoms with Crippen LogP contribution in [-0.2, 0) is 65.4 Å². The maximum Gasteiger partial charge on any atom is 0.472 e. The number of aliphatic hydroxyl groups excluding tert-OH is 1. The van der Waals surface area contributed by atoms with Gasteiger partial charge in [-0.2, -0.15) is 0 Å². The van der Waals surface area contributed by atoms with E-state index in [1.165, 1.54) is 231 Å². The number of phosphoric acid groups is 2. The van der Waals surface area contributed by atoms with E-state index in [1.54, 1.807) is 0 Å². The molecule has 0 spiro atoms. The van der Waals surface area contributed by atoms with E-state index in [0.29, 0.717) is 31.6 Å². The standard InChI is InChI=1S/C84H164O17P2/c1-9-77(8)63-55-47-38-34-35-39-48-56-64-81(86)94-70-79(100-83(88)66-58-50-40-32-28-24-20-16-12-10-14-18-22-26-30-36-44-52-60-74(2)3)72-98-102(90,91)96-68-78(85)69-97-103(92,93)99-73-80(71-95-82(87)65-57-49-43-42-46-54-62-76(6)7)101-84(89)67-59-51-41-33-29-25-21-17-13-11-15-19-23-27-31-37-45-53-61-75(4)5/h74-80,85H,9-73H2,1-8H3,(H,90,91)(H,92,93)/t77?,78?,79-,80-/m1/s1. The lowest BCUT2D eigenvalue weighted by molar-refractivity contribution is -0.161. The minimum atomic E-state index is -4.96. The van der Waals surface area contributed by atoms with Crippen LogP contribution in [0, 0.1) is 23.7 Å². The van der Waals surface area contributed by atoms with Crippen LogP contribution in [0.3, 0.4) is 0 Å². The van der Waals surface area contributed by atoms with Crippen LogP contribution in [0.15, 0.2) is 0 Å². The van der Waals surface area contributed by atoms with Crippen molar-refractivity contribution in [2.75, 3.05) is 39.6 Å². The first-order chi connectivity index (χ1) is 49.6. The molecule has 4 unspecified atom stereocenters. The molecule has 0 saturated heterocycles. The highest BCUT2D eigenvalue weighted by Gasteiger charge is 2.30. The number of rotatable bonds is 81. The number of aliphatic hydroxyl groups is 1. The van der Waals surface area contributed by atoms with Gasteiger partial charge in [0.2, 0.25) is 0 Å². The predicted molar refractivity (Wildman–Crippen MR) is 423 cm³/mol. The Hall–Kier alpha value is -1.94. The Morgan fingerprint density at radius 2 is 0.466 bits per heavy atom. The summed E-state index contributed by atoms with van der Waals surface area (Å²) in [6.45, 7) is 14.3. The summed E-state index contributed by atoms with van der Waals surface area (Å²) < 4.78 is 68.7. The van der Waals surface area contributed by atoms with Crippen LogP contribution in [0.4, 0.5) is 0 Å². The number of carbonyl (C=O) groups is 4. The Morgan fingerprint density at radius 3 is 0.689 bits per heavy atom. The van der Waals surface area contributed by atoms with Crippen molar-refractivity contribution < 1.29 is 80.2 Å². The van der Waals surface area contributed by atoms with E-state index in [-0.39, 0.29) is 25.7 Å². The number of carbonyl (C=O) groups excluding carboxylic acids is 4. The van der Waals surface area contributed by atoms with Crippen LogP contribution in [0.1, 0.15) is 434 Å². The summed E-state index contributed by atoms with van der Waals surface area (Å²) in [6, 6.07) is 0. The summed E-state index contributed by atoms with van der Waals surface area (Å²) in [6.07, 6.45) is 61.4. The molecule has 0 rings (SSSR count). The maximum absolute atomic E-state index is 13.1. The van der Waals surface area contributed by atoms with Gasteiger partial charge in [-0.3, -0.25) is 37.3 Å². The molecule has 0 aromatic heterocycles. The minimum absolute atomic E-state index is 0.107. The van der Waals surface area contributed by atoms with Gasteiger partial charge in [-0.05, 0) is 49.4 Å². The molecule has 0 fully saturated rings. The Bertz CT molecular complexity index is 2010. The van der Waals surface area contributed by atoms with Crippen LogP contribution in [-0.4, -0.2) is 96.7 Å². The summed E-state index contributed by atoms with van der Waals surface area (Å²) in [5, 5.41) is 10.6. The zero-order valence-electron chi connectivity index (χ0n) is 68.0. The molecule has 0 amide bonds. The van der Waals surface area contributed by atoms with E-state index in [4.69, 9.17) is 37.0 Å². The van der Waals surface area contributed by atoms with Crippen LogP contribution in [0.5, 0.6) is 0 Å². The molecule has 0 radical (unpaired) electrons. The Morgan fingerprint density at radius 1 is 0.272 bits per heavy atom. The van der Waals surface area contributed by atoms with E-state index in [9.17, 15) is 43.2 Å². The number of hydrogen-bond donors (Lipinski definition) is 3. The van der Waals surface area contributed by atoms with Crippen molar-refractivity contribution >= 4 is 39.5 Å². The number of unbranched alkanes of at least 4 members (excludes halogenated alkanes) is 46. The molecule has 0 aliphatic rings. The SMILES string of the molecule is CCC(C)CCCCCCCCCCC(=O)OC[C@H](COP(=O)(O)OCC(O)COP(=O)(O)OC[C@@H](COC(=O)CCCCCCCCC(C)C)OC(=O)CCCCCCCCCCCCCCCCCCCCC(C)C)OC(=O)CCCCCCCCCCCCCCCCCCCCC(C)C. The van der Waals surface area contributed by atoms with Gasteiger partial charge < -0.3 is 33.8 Å². The van der Waals surface area contributed by atoms with Gasteiger partial charge in [0.15, 0.2) is 12.2 Å². The van der Waals surface area contributed by atoms with Gasteiger partial charge in [-0.1, -0.05) is 383 Å². The lowest BCUT2D eigenvalue weighted by Crippen LogP contribution is -2.30. The van der Waals surface area contributed by atoms with Gasteiger partial charge in [0, 0.05) is 25.7 Å². The molecule has 0 aromatic carbocycles. The van der Waals surface area contributed by atoms with Crippen LogP contribution in [0.2, 0.25) is 0 Å². The quantitative estimate of drug-likeness (QED) is 0.0222. The number of ether oxygens (including phenoxy) is 4. The second-order valence-corrected chi connectivity index (χ2v) is 34.8. The fraction of sp³-hybridized carbons (Fsp3) is 0.952. The molecule has 0 aliphatic heterocycles. The monoisotopic (exact) mass is 1510 g/mol. The molecule has 0 aromatic rings. The van der Waals surface area contributed by atoms with Gasteiger partial charge in [0.1, 0.15) is 19.3 Å². The fourth-order valence-electron chi connectivity index (χ4n) is 12.9. The minimum Gasteiger partial charge on any atom is -0.462 e. The van der Waals surface area contributed by atoms with Gasteiger partial charge >= 0.3 is 39.5 Å². The molecule has 0 bridgehead atoms. The molecule has 19 heteroatoms. The van der Waals surface area contributed by atoms with Crippen LogP contribution >= 0.6 is 15.6 Å². The zero-order valence-corrected chi connectivity index (χ0v) is 69.7. The predicted octanol–water partition coefficient (Wildman–Crippen LogP) is 25.2. The highest BCUT2D eigenvalue weighted by atomic mass is 31.2. The molecular formula is C84H164O17P2. The summed E-state index contributed by atoms with van der Waals surface area (Å²) >= 11 is 0. The van der Waals surface area contributed by atoms with Gasteiger partial charge in [-0.15, -0.1) is 0 Å². The lowest BCUT2D eigenvalue weighted by Gasteiger charge is -2.21. The molecule has 0 aliphatic carbocycles. The van der Waals surface area contributed by atoms with Crippen molar-refractivity contribution in [3.8, 4) is 0 Å². The third kappa shape index (κ3) is 76.6. The molecule has 103 heavy (non-hydrogen) atoms. The van der Waals surface area contributed by atoms with Crippen molar-refractivity contribution in [2.24, 2.45) is 23.7 Å². The number of hydrogen-bond acceptors (Lipinski definition) is 15. The van der Waals surface area contributed by atoms with E-state index < -0.39 is 97.5 Å². The maximum atomic E-state index is 13.1. The highest BCUT2D eigenvalue weighted by Crippen LogP contribution is 2.45. The van der Waals surface area contributed by atoms with Crippen molar-refractivity contribution in [2.45, 2.75) is 453 Å². The smallest absolute Gasteiger partial charge is 0.462 e. The second-order valence-electron chi connectivity index (χ2n) is 31.9. The van der Waals surface area contributed by atoms with Crippen molar-refractivity contribution in [1.29, 1.82) is 0 Å². The Labute approximate surface area is 632 Å². The first kappa shape index (κ1) is 101. The lowest BCUT2D eigenvalue weighted by atomic mass is 9.99. The van der Waals surface area contributed by atoms with E-state index in [2.05, 4.69) is 55.4 Å². The van der Waals surface area contributed by atoms with Crippen molar-refractivity contribution in [1.82, 2.24) is 0 Å². The molecule has 3 N–H and O–H groups in total. The van der Waals surface area contributed by atoms with Gasteiger partial charge in [0.25, 0.3) is 0 Å². The molecule has 0 saturated carbocycles. The second kappa shape index (κ2) is 72.9. The highest BCUT2D eigenvalue weighted by molar-refractivity contribution is 7.47. The Kier molecular flexibility index (Phi) is 71.5. The van der Waals surface area contributed by atoms with E-state index >= 15 is 0 Å². The molecule has 6 atom stereocenters. The molecule has 612 valence electrons. The third-order valence-electron chi connectivity index (χ3n) is 19.9. The zero-order chi connectivity index (χ0) is 76.0. The Balaban J connectivity index is 5.16. The fourth-order valence-corrected chi connectivity index (χ4v) is 14.5. The topological polar surface area (TPSA) is 237 Å². The summed E-state index contributed by atoms with van der Waals surface area (Å²) in [4.78, 5) is 73.0. The first-order valence-electron chi connectivity index (χ1n) is 43.2. The largest absolute Gasteiger partial charge is 0.472 e. The summed E-state index contributed by atoms with van der Waals surface area (Å²) in [5.74, 6) is 0.983. The number of esters is 4. The summed E-state index contributed by atoms with van der Waals surface area (Å²) in [5.41, 5.74) is 0. The first-order valence-corrected chi connectivity index (χ1v) is 46.2. The van der Waals surface area contributed by atoms with Crippen molar-refractivity contribution in [3.63, 3.8) is 0 Å². The average Bonchev–Trinajstić information content (AvgIpc) is 0.912. The van der Waals surface area contributed by atoms with Gasteiger partial charge in [0.05, 0.1) is 26.4 Å². The molecule has 17 nitrogen and oxygen atoms in total.